The lowest BCUT2D eigenvalue weighted by Gasteiger charge is -2.22. The normalized spacial score (nSPS) is 13.8. The van der Waals surface area contributed by atoms with Crippen molar-refractivity contribution in [2.75, 3.05) is 14.1 Å². The minimum absolute atomic E-state index is 0.152. The van der Waals surface area contributed by atoms with Crippen molar-refractivity contribution in [3.63, 3.8) is 0 Å². The van der Waals surface area contributed by atoms with Crippen LogP contribution in [0.2, 0.25) is 0 Å². The quantitative estimate of drug-likeness (QED) is 0.819. The SMILES string of the molecule is CNCc1cc(S(=O)(=O)N(C)C(C)c2cccs2)c(Br)o1. The number of thiophene rings is 1. The Bertz CT molecular complexity index is 695. The molecule has 2 rings (SSSR count). The van der Waals surface area contributed by atoms with Gasteiger partial charge in [-0.3, -0.25) is 0 Å². The highest BCUT2D eigenvalue weighted by molar-refractivity contribution is 9.10. The molecular formula is C13H17BrN2O3S2. The molecule has 0 amide bonds. The average Bonchev–Trinajstić information content (AvgIpc) is 3.07. The van der Waals surface area contributed by atoms with Crippen molar-refractivity contribution in [2.24, 2.45) is 0 Å². The van der Waals surface area contributed by atoms with Gasteiger partial charge in [0.2, 0.25) is 10.0 Å². The molecule has 116 valence electrons. The average molecular weight is 393 g/mol. The first-order valence-electron chi connectivity index (χ1n) is 6.32. The largest absolute Gasteiger partial charge is 0.452 e. The van der Waals surface area contributed by atoms with E-state index in [4.69, 9.17) is 4.42 Å². The summed E-state index contributed by atoms with van der Waals surface area (Å²) in [5, 5.41) is 4.86. The summed E-state index contributed by atoms with van der Waals surface area (Å²) in [6.45, 7) is 2.34. The molecule has 5 nitrogen and oxygen atoms in total. The molecule has 0 spiro atoms. The van der Waals surface area contributed by atoms with Crippen molar-refractivity contribution >= 4 is 37.3 Å². The fraction of sp³-hybridized carbons (Fsp3) is 0.385. The molecule has 0 aromatic carbocycles. The molecule has 21 heavy (non-hydrogen) atoms. The molecule has 1 atom stereocenters. The zero-order valence-electron chi connectivity index (χ0n) is 12.0. The van der Waals surface area contributed by atoms with Crippen LogP contribution in [0, 0.1) is 0 Å². The minimum Gasteiger partial charge on any atom is -0.452 e. The third-order valence-corrected chi connectivity index (χ3v) is 7.04. The van der Waals surface area contributed by atoms with Crippen LogP contribution in [-0.2, 0) is 16.6 Å². The maximum absolute atomic E-state index is 12.7. The molecule has 2 aromatic heterocycles. The van der Waals surface area contributed by atoms with Gasteiger partial charge in [0.1, 0.15) is 10.7 Å². The Labute approximate surface area is 137 Å². The zero-order valence-corrected chi connectivity index (χ0v) is 15.2. The first-order chi connectivity index (χ1) is 9.87. The second-order valence-corrected chi connectivity index (χ2v) is 8.26. The van der Waals surface area contributed by atoms with E-state index in [2.05, 4.69) is 21.2 Å². The van der Waals surface area contributed by atoms with Crippen molar-refractivity contribution in [3.05, 3.63) is 38.9 Å². The molecule has 0 saturated carbocycles. The third kappa shape index (κ3) is 3.40. The Hall–Kier alpha value is -0.670. The molecule has 2 heterocycles. The summed E-state index contributed by atoms with van der Waals surface area (Å²) < 4.78 is 32.5. The summed E-state index contributed by atoms with van der Waals surface area (Å²) in [5.41, 5.74) is 0. The molecular weight excluding hydrogens is 376 g/mol. The van der Waals surface area contributed by atoms with Gasteiger partial charge in [0, 0.05) is 18.0 Å². The van der Waals surface area contributed by atoms with Crippen LogP contribution >= 0.6 is 27.3 Å². The molecule has 0 bridgehead atoms. The van der Waals surface area contributed by atoms with Crippen LogP contribution in [0.25, 0.3) is 0 Å². The van der Waals surface area contributed by atoms with E-state index in [1.165, 1.54) is 15.6 Å². The summed E-state index contributed by atoms with van der Waals surface area (Å²) >= 11 is 4.73. The topological polar surface area (TPSA) is 62.6 Å². The van der Waals surface area contributed by atoms with E-state index >= 15 is 0 Å². The number of furan rings is 1. The first kappa shape index (κ1) is 16.7. The van der Waals surface area contributed by atoms with Gasteiger partial charge in [-0.15, -0.1) is 11.3 Å². The number of halogens is 1. The molecule has 0 aliphatic carbocycles. The zero-order chi connectivity index (χ0) is 15.6. The van der Waals surface area contributed by atoms with E-state index < -0.39 is 10.0 Å². The highest BCUT2D eigenvalue weighted by Crippen LogP contribution is 2.33. The van der Waals surface area contributed by atoms with Gasteiger partial charge in [-0.25, -0.2) is 8.42 Å². The van der Waals surface area contributed by atoms with Gasteiger partial charge in [-0.1, -0.05) is 6.07 Å². The van der Waals surface area contributed by atoms with E-state index in [0.29, 0.717) is 12.3 Å². The van der Waals surface area contributed by atoms with Gasteiger partial charge in [0.05, 0.1) is 12.6 Å². The van der Waals surface area contributed by atoms with Gasteiger partial charge in [-0.05, 0) is 41.3 Å². The molecule has 0 aliphatic heterocycles. The van der Waals surface area contributed by atoms with Crippen molar-refractivity contribution in [3.8, 4) is 0 Å². The van der Waals surface area contributed by atoms with Gasteiger partial charge < -0.3 is 9.73 Å². The van der Waals surface area contributed by atoms with Crippen LogP contribution in [0.15, 0.2) is 37.6 Å². The fourth-order valence-electron chi connectivity index (χ4n) is 1.91. The number of hydrogen-bond acceptors (Lipinski definition) is 5. The highest BCUT2D eigenvalue weighted by Gasteiger charge is 2.31. The second kappa shape index (κ2) is 6.62. The lowest BCUT2D eigenvalue weighted by molar-refractivity contribution is 0.400. The van der Waals surface area contributed by atoms with Crippen LogP contribution in [-0.4, -0.2) is 26.8 Å². The van der Waals surface area contributed by atoms with Gasteiger partial charge >= 0.3 is 0 Å². The van der Waals surface area contributed by atoms with Crippen LogP contribution < -0.4 is 5.32 Å². The smallest absolute Gasteiger partial charge is 0.247 e. The minimum atomic E-state index is -3.62. The molecule has 0 radical (unpaired) electrons. The number of nitrogens with one attached hydrogen (secondary N) is 1. The van der Waals surface area contributed by atoms with Gasteiger partial charge in [0.25, 0.3) is 0 Å². The van der Waals surface area contributed by atoms with Crippen molar-refractivity contribution in [1.82, 2.24) is 9.62 Å². The van der Waals surface area contributed by atoms with Crippen LogP contribution in [0.1, 0.15) is 23.6 Å². The van der Waals surface area contributed by atoms with E-state index in [1.54, 1.807) is 20.2 Å². The molecule has 1 unspecified atom stereocenters. The first-order valence-corrected chi connectivity index (χ1v) is 9.43. The van der Waals surface area contributed by atoms with E-state index in [0.717, 1.165) is 4.88 Å². The number of nitrogens with zero attached hydrogens (tertiary/aromatic N) is 1. The lowest BCUT2D eigenvalue weighted by atomic mass is 10.3. The van der Waals surface area contributed by atoms with E-state index in [-0.39, 0.29) is 15.6 Å². The predicted molar refractivity (Wildman–Crippen MR) is 86.9 cm³/mol. The Kier molecular flexibility index (Phi) is 5.26. The van der Waals surface area contributed by atoms with Crippen LogP contribution in [0.3, 0.4) is 0 Å². The van der Waals surface area contributed by atoms with Crippen molar-refractivity contribution in [1.29, 1.82) is 0 Å². The lowest BCUT2D eigenvalue weighted by Crippen LogP contribution is -2.29. The summed E-state index contributed by atoms with van der Waals surface area (Å²) in [6, 6.07) is 5.16. The van der Waals surface area contributed by atoms with E-state index in [9.17, 15) is 8.42 Å². The summed E-state index contributed by atoms with van der Waals surface area (Å²) in [7, 11) is -0.267. The maximum atomic E-state index is 12.7. The summed E-state index contributed by atoms with van der Waals surface area (Å²) in [6.07, 6.45) is 0. The Balaban J connectivity index is 2.33. The number of sulfonamides is 1. The highest BCUT2D eigenvalue weighted by atomic mass is 79.9. The Morgan fingerprint density at radius 3 is 2.81 bits per heavy atom. The van der Waals surface area contributed by atoms with Gasteiger partial charge in [0.15, 0.2) is 4.67 Å². The standard InChI is InChI=1S/C13H17BrN2O3S2/c1-9(11-5-4-6-20-11)16(3)21(17,18)12-7-10(8-15-2)19-13(12)14/h4-7,9,15H,8H2,1-3H3. The summed E-state index contributed by atoms with van der Waals surface area (Å²) in [5.74, 6) is 0.570. The second-order valence-electron chi connectivity index (χ2n) is 4.59. The third-order valence-electron chi connectivity index (χ3n) is 3.21. The summed E-state index contributed by atoms with van der Waals surface area (Å²) in [4.78, 5) is 1.15. The van der Waals surface area contributed by atoms with Crippen LogP contribution in [0.5, 0.6) is 0 Å². The van der Waals surface area contributed by atoms with E-state index in [1.807, 2.05) is 24.4 Å². The van der Waals surface area contributed by atoms with Crippen LogP contribution in [0.4, 0.5) is 0 Å². The molecule has 0 fully saturated rings. The maximum Gasteiger partial charge on any atom is 0.247 e. The molecule has 1 N–H and O–H groups in total. The molecule has 8 heteroatoms. The van der Waals surface area contributed by atoms with Gasteiger partial charge in [-0.2, -0.15) is 4.31 Å². The number of hydrogen-bond donors (Lipinski definition) is 1. The number of rotatable bonds is 6. The van der Waals surface area contributed by atoms with Crippen molar-refractivity contribution < 1.29 is 12.8 Å². The Morgan fingerprint density at radius 2 is 2.24 bits per heavy atom. The Morgan fingerprint density at radius 1 is 1.52 bits per heavy atom. The van der Waals surface area contributed by atoms with Crippen molar-refractivity contribution in [2.45, 2.75) is 24.4 Å². The monoisotopic (exact) mass is 392 g/mol. The predicted octanol–water partition coefficient (Wildman–Crippen LogP) is 3.20. The molecule has 0 saturated heterocycles. The fourth-order valence-corrected chi connectivity index (χ4v) is 5.10. The molecule has 2 aromatic rings. The molecule has 0 aliphatic rings.